The van der Waals surface area contributed by atoms with Gasteiger partial charge in [-0.3, -0.25) is 0 Å². The van der Waals surface area contributed by atoms with Gasteiger partial charge in [-0.25, -0.2) is 0 Å². The molecule has 0 saturated carbocycles. The first-order chi connectivity index (χ1) is 30.2. The van der Waals surface area contributed by atoms with Gasteiger partial charge < -0.3 is 13.7 Å². The van der Waals surface area contributed by atoms with E-state index >= 15 is 0 Å². The van der Waals surface area contributed by atoms with Crippen LogP contribution in [0.25, 0.3) is 99.2 Å². The fraction of sp³-hybridized carbons (Fsp3) is 0. The van der Waals surface area contributed by atoms with E-state index in [1.54, 1.807) is 0 Å². The van der Waals surface area contributed by atoms with E-state index in [2.05, 4.69) is 217 Å². The molecule has 2 heterocycles. The smallest absolute Gasteiger partial charge is 0.159 e. The summed E-state index contributed by atoms with van der Waals surface area (Å²) in [5, 5.41) is 6.67. The van der Waals surface area contributed by atoms with Gasteiger partial charge >= 0.3 is 0 Å². The van der Waals surface area contributed by atoms with Crippen LogP contribution in [0.1, 0.15) is 0 Å². The number of benzene rings is 10. The number of rotatable bonds is 7. The standard InChI is InChI=1S/C58H37NO2/c1-4-15-38(16-5-1)40-27-31-44(32-28-40)59(53-25-14-24-49-47-22-12-13-26-54(47)60-58(49)53)45-33-29-42(30-34-45)51-35-43(39-17-6-2-7-18-39)36-55-56(51)52-37-50(41-19-8-3-9-20-41)46-21-10-11-23-48(46)57(52)61-55/h1-37H. The van der Waals surface area contributed by atoms with Crippen molar-refractivity contribution in [3.8, 4) is 44.5 Å². The first kappa shape index (κ1) is 34.9. The summed E-state index contributed by atoms with van der Waals surface area (Å²) in [6.45, 7) is 0. The van der Waals surface area contributed by atoms with E-state index in [1.807, 2.05) is 12.1 Å². The van der Waals surface area contributed by atoms with Crippen LogP contribution in [0, 0.1) is 0 Å². The molecule has 0 N–H and O–H groups in total. The summed E-state index contributed by atoms with van der Waals surface area (Å²) in [5.41, 5.74) is 15.7. The lowest BCUT2D eigenvalue weighted by Gasteiger charge is -2.26. The van der Waals surface area contributed by atoms with Gasteiger partial charge in [-0.1, -0.05) is 170 Å². The quantitative estimate of drug-likeness (QED) is 0.161. The van der Waals surface area contributed by atoms with Crippen molar-refractivity contribution in [1.29, 1.82) is 0 Å². The highest BCUT2D eigenvalue weighted by atomic mass is 16.3. The van der Waals surface area contributed by atoms with Crippen molar-refractivity contribution < 1.29 is 8.83 Å². The Balaban J connectivity index is 1.06. The lowest BCUT2D eigenvalue weighted by molar-refractivity contribution is 0.669. The number of furan rings is 2. The molecule has 12 aromatic rings. The topological polar surface area (TPSA) is 29.5 Å². The third kappa shape index (κ3) is 5.90. The Morgan fingerprint density at radius 1 is 0.279 bits per heavy atom. The molecule has 0 saturated heterocycles. The van der Waals surface area contributed by atoms with Crippen LogP contribution < -0.4 is 4.90 Å². The second kappa shape index (κ2) is 14.3. The molecule has 3 nitrogen and oxygen atoms in total. The number of anilines is 3. The molecule has 0 aliphatic carbocycles. The van der Waals surface area contributed by atoms with Gasteiger partial charge in [0.05, 0.1) is 5.69 Å². The van der Waals surface area contributed by atoms with Crippen LogP contribution in [0.4, 0.5) is 17.1 Å². The Morgan fingerprint density at radius 3 is 1.46 bits per heavy atom. The van der Waals surface area contributed by atoms with Crippen LogP contribution in [-0.4, -0.2) is 0 Å². The summed E-state index contributed by atoms with van der Waals surface area (Å²) >= 11 is 0. The molecule has 0 aliphatic rings. The Hall–Kier alpha value is -8.14. The molecule has 12 rings (SSSR count). The lowest BCUT2D eigenvalue weighted by Crippen LogP contribution is -2.10. The van der Waals surface area contributed by atoms with Gasteiger partial charge in [0.25, 0.3) is 0 Å². The van der Waals surface area contributed by atoms with Gasteiger partial charge in [0.1, 0.15) is 16.7 Å². The summed E-state index contributed by atoms with van der Waals surface area (Å²) in [4.78, 5) is 2.31. The molecule has 0 bridgehead atoms. The number of para-hydroxylation sites is 2. The minimum Gasteiger partial charge on any atom is -0.455 e. The van der Waals surface area contributed by atoms with E-state index in [-0.39, 0.29) is 0 Å². The number of hydrogen-bond acceptors (Lipinski definition) is 3. The average Bonchev–Trinajstić information content (AvgIpc) is 3.92. The molecule has 0 atom stereocenters. The number of hydrogen-bond donors (Lipinski definition) is 0. The SMILES string of the molecule is c1ccc(-c2ccc(N(c3ccc(-c4cc(-c5ccccc5)cc5oc6c7ccccc7c(-c7ccccc7)cc6c45)cc3)c3cccc4c3oc3ccccc34)cc2)cc1. The average molecular weight is 780 g/mol. The van der Waals surface area contributed by atoms with Crippen LogP contribution in [-0.2, 0) is 0 Å². The van der Waals surface area contributed by atoms with Crippen molar-refractivity contribution in [2.45, 2.75) is 0 Å². The zero-order valence-corrected chi connectivity index (χ0v) is 33.1. The van der Waals surface area contributed by atoms with Crippen molar-refractivity contribution in [2.75, 3.05) is 4.90 Å². The first-order valence-electron chi connectivity index (χ1n) is 20.7. The normalized spacial score (nSPS) is 11.6. The summed E-state index contributed by atoms with van der Waals surface area (Å²) in [6, 6.07) is 79.7. The molecule has 286 valence electrons. The molecule has 0 radical (unpaired) electrons. The van der Waals surface area contributed by atoms with E-state index in [1.165, 1.54) is 27.6 Å². The summed E-state index contributed by atoms with van der Waals surface area (Å²) in [6.07, 6.45) is 0. The highest BCUT2D eigenvalue weighted by Crippen LogP contribution is 2.47. The van der Waals surface area contributed by atoms with Gasteiger partial charge in [-0.05, 0) is 104 Å². The van der Waals surface area contributed by atoms with Gasteiger partial charge in [0.2, 0.25) is 0 Å². The van der Waals surface area contributed by atoms with Crippen LogP contribution in [0.2, 0.25) is 0 Å². The van der Waals surface area contributed by atoms with Crippen molar-refractivity contribution in [2.24, 2.45) is 0 Å². The molecule has 3 heteroatoms. The van der Waals surface area contributed by atoms with Crippen molar-refractivity contribution in [3.63, 3.8) is 0 Å². The largest absolute Gasteiger partial charge is 0.455 e. The predicted molar refractivity (Wildman–Crippen MR) is 255 cm³/mol. The molecule has 61 heavy (non-hydrogen) atoms. The van der Waals surface area contributed by atoms with E-state index in [0.29, 0.717) is 0 Å². The second-order valence-electron chi connectivity index (χ2n) is 15.6. The fourth-order valence-corrected chi connectivity index (χ4v) is 9.17. The molecule has 0 amide bonds. The summed E-state index contributed by atoms with van der Waals surface area (Å²) < 4.78 is 13.6. The summed E-state index contributed by atoms with van der Waals surface area (Å²) in [5.74, 6) is 0. The molecule has 0 aliphatic heterocycles. The van der Waals surface area contributed by atoms with Crippen LogP contribution in [0.5, 0.6) is 0 Å². The van der Waals surface area contributed by atoms with E-state index < -0.39 is 0 Å². The monoisotopic (exact) mass is 779 g/mol. The highest BCUT2D eigenvalue weighted by Gasteiger charge is 2.22. The maximum absolute atomic E-state index is 6.95. The van der Waals surface area contributed by atoms with Gasteiger partial charge in [0, 0.05) is 38.3 Å². The third-order valence-electron chi connectivity index (χ3n) is 12.1. The van der Waals surface area contributed by atoms with Crippen molar-refractivity contribution in [1.82, 2.24) is 0 Å². The molecule has 0 spiro atoms. The molecule has 2 aromatic heterocycles. The zero-order valence-electron chi connectivity index (χ0n) is 33.1. The van der Waals surface area contributed by atoms with Crippen molar-refractivity contribution in [3.05, 3.63) is 224 Å². The van der Waals surface area contributed by atoms with E-state index in [0.717, 1.165) is 88.6 Å². The Labute approximate surface area is 353 Å². The van der Waals surface area contributed by atoms with Gasteiger partial charge in [-0.15, -0.1) is 0 Å². The van der Waals surface area contributed by atoms with Crippen LogP contribution >= 0.6 is 0 Å². The number of nitrogens with zero attached hydrogens (tertiary/aromatic N) is 1. The first-order valence-corrected chi connectivity index (χ1v) is 20.7. The molecular formula is C58H37NO2. The zero-order chi connectivity index (χ0) is 40.3. The highest BCUT2D eigenvalue weighted by molar-refractivity contribution is 6.22. The molecular weight excluding hydrogens is 743 g/mol. The lowest BCUT2D eigenvalue weighted by atomic mass is 9.91. The third-order valence-corrected chi connectivity index (χ3v) is 12.1. The Bertz CT molecular complexity index is 3550. The Morgan fingerprint density at radius 2 is 0.770 bits per heavy atom. The minimum atomic E-state index is 0.850. The van der Waals surface area contributed by atoms with Gasteiger partial charge in [0.15, 0.2) is 5.58 Å². The molecule has 10 aromatic carbocycles. The minimum absolute atomic E-state index is 0.850. The summed E-state index contributed by atoms with van der Waals surface area (Å²) in [7, 11) is 0. The maximum Gasteiger partial charge on any atom is 0.159 e. The Kier molecular flexibility index (Phi) is 8.17. The van der Waals surface area contributed by atoms with Crippen molar-refractivity contribution >= 4 is 71.7 Å². The number of fused-ring (bicyclic) bond motifs is 8. The predicted octanol–water partition coefficient (Wildman–Crippen LogP) is 16.8. The van der Waals surface area contributed by atoms with Gasteiger partial charge in [-0.2, -0.15) is 0 Å². The fourth-order valence-electron chi connectivity index (χ4n) is 9.17. The van der Waals surface area contributed by atoms with Crippen LogP contribution in [0.3, 0.4) is 0 Å². The van der Waals surface area contributed by atoms with E-state index in [9.17, 15) is 0 Å². The molecule has 0 fully saturated rings. The maximum atomic E-state index is 6.95. The van der Waals surface area contributed by atoms with E-state index in [4.69, 9.17) is 8.83 Å². The van der Waals surface area contributed by atoms with Crippen LogP contribution in [0.15, 0.2) is 233 Å². The second-order valence-corrected chi connectivity index (χ2v) is 15.6. The molecule has 0 unspecified atom stereocenters.